The van der Waals surface area contributed by atoms with Crippen molar-refractivity contribution in [2.24, 2.45) is 0 Å². The van der Waals surface area contributed by atoms with Gasteiger partial charge in [-0.3, -0.25) is 10.1 Å². The number of nitro benzene ring substituents is 1. The molecular formula is C12H16N2O3. The number of hydrogen-bond donors (Lipinski definition) is 0. The average Bonchev–Trinajstić information content (AvgIpc) is 2.28. The molecule has 0 radical (unpaired) electrons. The molecule has 2 rings (SSSR count). The van der Waals surface area contributed by atoms with Gasteiger partial charge in [-0.2, -0.15) is 0 Å². The number of hydrogen-bond acceptors (Lipinski definition) is 4. The van der Waals surface area contributed by atoms with Gasteiger partial charge in [-0.05, 0) is 37.6 Å². The fourth-order valence-corrected chi connectivity index (χ4v) is 2.13. The van der Waals surface area contributed by atoms with Crippen molar-refractivity contribution < 1.29 is 9.66 Å². The SMILES string of the molecule is CCOc1cc2c(cc1[N+](=O)[O-])CN(C)CC2. The van der Waals surface area contributed by atoms with Crippen LogP contribution in [0.5, 0.6) is 5.75 Å². The van der Waals surface area contributed by atoms with E-state index in [0.29, 0.717) is 12.4 Å². The van der Waals surface area contributed by atoms with Crippen molar-refractivity contribution in [1.29, 1.82) is 0 Å². The van der Waals surface area contributed by atoms with Gasteiger partial charge in [0.1, 0.15) is 0 Å². The topological polar surface area (TPSA) is 55.6 Å². The number of nitro groups is 1. The zero-order valence-electron chi connectivity index (χ0n) is 10.1. The molecule has 1 heterocycles. The number of ether oxygens (including phenoxy) is 1. The van der Waals surface area contributed by atoms with Gasteiger partial charge in [0.25, 0.3) is 0 Å². The second kappa shape index (κ2) is 4.71. The lowest BCUT2D eigenvalue weighted by Gasteiger charge is -2.25. The van der Waals surface area contributed by atoms with Gasteiger partial charge >= 0.3 is 5.69 Å². The number of nitrogens with zero attached hydrogens (tertiary/aromatic N) is 2. The van der Waals surface area contributed by atoms with Crippen LogP contribution in [0.1, 0.15) is 18.1 Å². The number of benzene rings is 1. The van der Waals surface area contributed by atoms with Gasteiger partial charge in [-0.15, -0.1) is 0 Å². The van der Waals surface area contributed by atoms with Crippen LogP contribution in [0, 0.1) is 10.1 Å². The molecule has 17 heavy (non-hydrogen) atoms. The molecule has 0 bridgehead atoms. The van der Waals surface area contributed by atoms with Crippen molar-refractivity contribution in [1.82, 2.24) is 4.90 Å². The van der Waals surface area contributed by atoms with Gasteiger partial charge in [0.2, 0.25) is 0 Å². The maximum absolute atomic E-state index is 11.0. The molecule has 5 nitrogen and oxygen atoms in total. The first-order chi connectivity index (χ1) is 8.11. The summed E-state index contributed by atoms with van der Waals surface area (Å²) in [4.78, 5) is 12.8. The van der Waals surface area contributed by atoms with E-state index in [1.54, 1.807) is 6.07 Å². The van der Waals surface area contributed by atoms with Crippen LogP contribution in [0.15, 0.2) is 12.1 Å². The third kappa shape index (κ3) is 2.39. The van der Waals surface area contributed by atoms with Crippen molar-refractivity contribution in [3.8, 4) is 5.75 Å². The van der Waals surface area contributed by atoms with E-state index in [1.165, 1.54) is 0 Å². The lowest BCUT2D eigenvalue weighted by molar-refractivity contribution is -0.385. The lowest BCUT2D eigenvalue weighted by atomic mass is 9.99. The van der Waals surface area contributed by atoms with Crippen LogP contribution in [0.3, 0.4) is 0 Å². The van der Waals surface area contributed by atoms with E-state index in [1.807, 2.05) is 20.0 Å². The van der Waals surface area contributed by atoms with Crippen molar-refractivity contribution in [2.45, 2.75) is 19.9 Å². The summed E-state index contributed by atoms with van der Waals surface area (Å²) in [6, 6.07) is 3.47. The summed E-state index contributed by atoms with van der Waals surface area (Å²) >= 11 is 0. The molecular weight excluding hydrogens is 220 g/mol. The molecule has 1 aliphatic heterocycles. The molecule has 0 N–H and O–H groups in total. The maximum atomic E-state index is 11.0. The van der Waals surface area contributed by atoms with Gasteiger partial charge in [0.15, 0.2) is 5.75 Å². The first-order valence-electron chi connectivity index (χ1n) is 5.73. The predicted molar refractivity (Wildman–Crippen MR) is 64.3 cm³/mol. The molecule has 1 aromatic carbocycles. The van der Waals surface area contributed by atoms with E-state index in [0.717, 1.165) is 30.6 Å². The Bertz CT molecular complexity index is 446. The Labute approximate surface area is 100 Å². The molecule has 0 spiro atoms. The maximum Gasteiger partial charge on any atom is 0.311 e. The van der Waals surface area contributed by atoms with Gasteiger partial charge in [-0.1, -0.05) is 0 Å². The van der Waals surface area contributed by atoms with Crippen molar-refractivity contribution in [3.63, 3.8) is 0 Å². The third-order valence-electron chi connectivity index (χ3n) is 2.98. The molecule has 92 valence electrons. The molecule has 0 amide bonds. The summed E-state index contributed by atoms with van der Waals surface area (Å²) in [5, 5.41) is 11.0. The average molecular weight is 236 g/mol. The van der Waals surface area contributed by atoms with Crippen molar-refractivity contribution in [2.75, 3.05) is 20.2 Å². The van der Waals surface area contributed by atoms with Crippen LogP contribution in [0.25, 0.3) is 0 Å². The molecule has 0 unspecified atom stereocenters. The van der Waals surface area contributed by atoms with E-state index in [4.69, 9.17) is 4.74 Å². The molecule has 0 fully saturated rings. The Balaban J connectivity index is 2.44. The van der Waals surface area contributed by atoms with Crippen LogP contribution < -0.4 is 4.74 Å². The highest BCUT2D eigenvalue weighted by Gasteiger charge is 2.22. The smallest absolute Gasteiger partial charge is 0.311 e. The lowest BCUT2D eigenvalue weighted by Crippen LogP contribution is -2.26. The largest absolute Gasteiger partial charge is 0.487 e. The van der Waals surface area contributed by atoms with Crippen molar-refractivity contribution in [3.05, 3.63) is 33.4 Å². The normalized spacial score (nSPS) is 15.4. The monoisotopic (exact) mass is 236 g/mol. The fraction of sp³-hybridized carbons (Fsp3) is 0.500. The van der Waals surface area contributed by atoms with Gasteiger partial charge < -0.3 is 9.64 Å². The van der Waals surface area contributed by atoms with Crippen molar-refractivity contribution >= 4 is 5.69 Å². The highest BCUT2D eigenvalue weighted by molar-refractivity contribution is 5.52. The van der Waals surface area contributed by atoms with Gasteiger partial charge in [-0.25, -0.2) is 0 Å². The first-order valence-corrected chi connectivity index (χ1v) is 5.73. The Morgan fingerprint density at radius 2 is 2.24 bits per heavy atom. The molecule has 0 atom stereocenters. The standard InChI is InChI=1S/C12H16N2O3/c1-3-17-12-7-9-4-5-13(2)8-10(9)6-11(12)14(15)16/h6-7H,3-5,8H2,1-2H3. The highest BCUT2D eigenvalue weighted by Crippen LogP contribution is 2.33. The second-order valence-corrected chi connectivity index (χ2v) is 4.27. The zero-order chi connectivity index (χ0) is 12.4. The minimum absolute atomic E-state index is 0.0703. The molecule has 5 heteroatoms. The summed E-state index contributed by atoms with van der Waals surface area (Å²) in [5.41, 5.74) is 2.27. The number of rotatable bonds is 3. The summed E-state index contributed by atoms with van der Waals surface area (Å²) < 4.78 is 5.34. The van der Waals surface area contributed by atoms with E-state index >= 15 is 0 Å². The Kier molecular flexibility index (Phi) is 3.28. The minimum Gasteiger partial charge on any atom is -0.487 e. The zero-order valence-corrected chi connectivity index (χ0v) is 10.1. The number of likely N-dealkylation sites (N-methyl/N-ethyl adjacent to an activating group) is 1. The van der Waals surface area contributed by atoms with E-state index in [-0.39, 0.29) is 10.6 Å². The summed E-state index contributed by atoms with van der Waals surface area (Å²) in [6.07, 6.45) is 0.921. The van der Waals surface area contributed by atoms with Gasteiger partial charge in [0, 0.05) is 19.2 Å². The summed E-state index contributed by atoms with van der Waals surface area (Å²) in [5.74, 6) is 0.390. The van der Waals surface area contributed by atoms with Crippen LogP contribution in [0.2, 0.25) is 0 Å². The van der Waals surface area contributed by atoms with E-state index < -0.39 is 0 Å². The fourth-order valence-electron chi connectivity index (χ4n) is 2.13. The Morgan fingerprint density at radius 1 is 1.47 bits per heavy atom. The highest BCUT2D eigenvalue weighted by atomic mass is 16.6. The second-order valence-electron chi connectivity index (χ2n) is 4.27. The molecule has 0 saturated carbocycles. The van der Waals surface area contributed by atoms with Crippen LogP contribution in [-0.4, -0.2) is 30.0 Å². The van der Waals surface area contributed by atoms with Crippen LogP contribution in [-0.2, 0) is 13.0 Å². The molecule has 0 aromatic heterocycles. The first kappa shape index (κ1) is 11.9. The van der Waals surface area contributed by atoms with Gasteiger partial charge in [0.05, 0.1) is 11.5 Å². The van der Waals surface area contributed by atoms with E-state index in [2.05, 4.69) is 4.90 Å². The van der Waals surface area contributed by atoms with Crippen LogP contribution >= 0.6 is 0 Å². The predicted octanol–water partition coefficient (Wildman–Crippen LogP) is 1.98. The summed E-state index contributed by atoms with van der Waals surface area (Å²) in [7, 11) is 2.02. The van der Waals surface area contributed by atoms with E-state index in [9.17, 15) is 10.1 Å². The Morgan fingerprint density at radius 3 is 2.88 bits per heavy atom. The molecule has 1 aliphatic rings. The van der Waals surface area contributed by atoms with Crippen LogP contribution in [0.4, 0.5) is 5.69 Å². The number of fused-ring (bicyclic) bond motifs is 1. The Hall–Kier alpha value is -1.62. The quantitative estimate of drug-likeness (QED) is 0.595. The molecule has 1 aromatic rings. The summed E-state index contributed by atoms with van der Waals surface area (Å²) in [6.45, 7) is 4.02. The molecule has 0 aliphatic carbocycles. The third-order valence-corrected chi connectivity index (χ3v) is 2.98. The minimum atomic E-state index is -0.375. The molecule has 0 saturated heterocycles.